The lowest BCUT2D eigenvalue weighted by Gasteiger charge is -2.38. The van der Waals surface area contributed by atoms with Crippen molar-refractivity contribution in [3.63, 3.8) is 0 Å². The van der Waals surface area contributed by atoms with Crippen LogP contribution in [0.1, 0.15) is 34.6 Å². The Balaban J connectivity index is 1.87. The van der Waals surface area contributed by atoms with Gasteiger partial charge in [-0.15, -0.1) is 0 Å². The van der Waals surface area contributed by atoms with Gasteiger partial charge in [0.05, 0.1) is 16.1 Å². The molecule has 0 fully saturated rings. The van der Waals surface area contributed by atoms with Crippen molar-refractivity contribution < 1.29 is 0 Å². The highest BCUT2D eigenvalue weighted by Crippen LogP contribution is 2.45. The standard InChI is InChI=1S/C20H20ClN3O/c1-24-9-8-12-10-14(21)18-19(23-20(25)22-18)16(12)17-13-5-3-2-4-11(13)6-7-15(17)24/h2-5,10,15,17H,6-9H2,1H3,(H2,22,23,25)/t15-,17-/m0/s1. The minimum Gasteiger partial charge on any atom is -0.305 e. The Labute approximate surface area is 150 Å². The number of aromatic nitrogens is 2. The van der Waals surface area contributed by atoms with Gasteiger partial charge in [0.15, 0.2) is 0 Å². The summed E-state index contributed by atoms with van der Waals surface area (Å²) in [6.45, 7) is 1.01. The van der Waals surface area contributed by atoms with E-state index in [1.165, 1.54) is 22.3 Å². The molecule has 2 heterocycles. The molecule has 2 atom stereocenters. The SMILES string of the molecule is CN1CCc2cc(Cl)c3[nH]c(=O)[nH]c3c2[C@H]2c3ccccc3CC[C@@H]21. The van der Waals surface area contributed by atoms with Crippen LogP contribution in [0.15, 0.2) is 35.1 Å². The van der Waals surface area contributed by atoms with E-state index in [9.17, 15) is 4.79 Å². The molecule has 0 bridgehead atoms. The molecule has 25 heavy (non-hydrogen) atoms. The molecule has 5 heteroatoms. The molecule has 1 aromatic heterocycles. The van der Waals surface area contributed by atoms with Gasteiger partial charge in [-0.1, -0.05) is 35.9 Å². The normalized spacial score (nSPS) is 23.0. The Morgan fingerprint density at radius 1 is 1.12 bits per heavy atom. The summed E-state index contributed by atoms with van der Waals surface area (Å²) < 4.78 is 0. The molecule has 2 aromatic carbocycles. The molecule has 1 aliphatic carbocycles. The van der Waals surface area contributed by atoms with Gasteiger partial charge in [0.1, 0.15) is 0 Å². The molecular weight excluding hydrogens is 334 g/mol. The Hall–Kier alpha value is -2.04. The van der Waals surface area contributed by atoms with Gasteiger partial charge < -0.3 is 14.9 Å². The molecular formula is C20H20ClN3O. The minimum absolute atomic E-state index is 0.191. The summed E-state index contributed by atoms with van der Waals surface area (Å²) >= 11 is 6.47. The summed E-state index contributed by atoms with van der Waals surface area (Å²) in [5.74, 6) is 0.263. The van der Waals surface area contributed by atoms with E-state index in [0.717, 1.165) is 36.8 Å². The maximum absolute atomic E-state index is 12.0. The molecule has 0 saturated heterocycles. The number of nitrogens with zero attached hydrogens (tertiary/aromatic N) is 1. The zero-order valence-corrected chi connectivity index (χ0v) is 14.9. The van der Waals surface area contributed by atoms with E-state index < -0.39 is 0 Å². The fraction of sp³-hybridized carbons (Fsp3) is 0.350. The van der Waals surface area contributed by atoms with E-state index in [1.54, 1.807) is 0 Å². The number of imidazole rings is 1. The zero-order valence-electron chi connectivity index (χ0n) is 14.1. The van der Waals surface area contributed by atoms with Gasteiger partial charge in [0.2, 0.25) is 0 Å². The Kier molecular flexibility index (Phi) is 3.34. The molecule has 0 radical (unpaired) electrons. The van der Waals surface area contributed by atoms with E-state index >= 15 is 0 Å². The van der Waals surface area contributed by atoms with Gasteiger partial charge >= 0.3 is 5.69 Å². The molecule has 2 N–H and O–H groups in total. The van der Waals surface area contributed by atoms with E-state index in [1.807, 2.05) is 0 Å². The number of halogens is 1. The van der Waals surface area contributed by atoms with E-state index in [4.69, 9.17) is 11.6 Å². The summed E-state index contributed by atoms with van der Waals surface area (Å²) in [7, 11) is 2.22. The molecule has 3 aromatic rings. The first-order chi connectivity index (χ1) is 12.1. The highest BCUT2D eigenvalue weighted by atomic mass is 35.5. The first-order valence-corrected chi connectivity index (χ1v) is 9.22. The molecule has 5 rings (SSSR count). The van der Waals surface area contributed by atoms with Gasteiger partial charge in [-0.25, -0.2) is 4.79 Å². The van der Waals surface area contributed by atoms with Crippen molar-refractivity contribution in [2.75, 3.05) is 13.6 Å². The van der Waals surface area contributed by atoms with Crippen molar-refractivity contribution in [1.29, 1.82) is 0 Å². The van der Waals surface area contributed by atoms with E-state index in [-0.39, 0.29) is 11.6 Å². The molecule has 128 valence electrons. The number of aryl methyl sites for hydroxylation is 1. The van der Waals surface area contributed by atoms with Crippen LogP contribution >= 0.6 is 11.6 Å². The molecule has 0 unspecified atom stereocenters. The fourth-order valence-corrected chi connectivity index (χ4v) is 5.09. The predicted octanol–water partition coefficient (Wildman–Crippen LogP) is 3.44. The largest absolute Gasteiger partial charge is 0.323 e. The van der Waals surface area contributed by atoms with Crippen LogP contribution in [0.25, 0.3) is 11.0 Å². The van der Waals surface area contributed by atoms with Gasteiger partial charge in [-0.05, 0) is 54.6 Å². The molecule has 4 nitrogen and oxygen atoms in total. The topological polar surface area (TPSA) is 51.9 Å². The quantitative estimate of drug-likeness (QED) is 0.650. The van der Waals surface area contributed by atoms with Gasteiger partial charge in [-0.2, -0.15) is 0 Å². The maximum atomic E-state index is 12.0. The Bertz CT molecular complexity index is 1040. The van der Waals surface area contributed by atoms with Crippen molar-refractivity contribution in [2.24, 2.45) is 0 Å². The second kappa shape index (κ2) is 5.48. The van der Waals surface area contributed by atoms with Crippen LogP contribution in [0.5, 0.6) is 0 Å². The molecule has 1 aliphatic heterocycles. The average Bonchev–Trinajstić information content (AvgIpc) is 2.94. The summed E-state index contributed by atoms with van der Waals surface area (Å²) in [5, 5.41) is 0.622. The molecule has 0 spiro atoms. The number of H-pyrrole nitrogens is 2. The fourth-order valence-electron chi connectivity index (χ4n) is 4.82. The van der Waals surface area contributed by atoms with Crippen LogP contribution < -0.4 is 5.69 Å². The number of aromatic amines is 2. The van der Waals surface area contributed by atoms with Crippen LogP contribution in [-0.4, -0.2) is 34.5 Å². The number of rotatable bonds is 0. The van der Waals surface area contributed by atoms with Crippen LogP contribution in [0.4, 0.5) is 0 Å². The number of hydrogen-bond donors (Lipinski definition) is 2. The van der Waals surface area contributed by atoms with Crippen LogP contribution in [0.2, 0.25) is 5.02 Å². The summed E-state index contributed by atoms with van der Waals surface area (Å²) in [5.41, 5.74) is 6.74. The van der Waals surface area contributed by atoms with Crippen molar-refractivity contribution in [3.05, 3.63) is 68.1 Å². The van der Waals surface area contributed by atoms with Crippen molar-refractivity contribution in [3.8, 4) is 0 Å². The number of benzene rings is 2. The second-order valence-electron chi connectivity index (χ2n) is 7.27. The van der Waals surface area contributed by atoms with Crippen molar-refractivity contribution in [2.45, 2.75) is 31.2 Å². The smallest absolute Gasteiger partial charge is 0.305 e. The Morgan fingerprint density at radius 3 is 2.80 bits per heavy atom. The third kappa shape index (κ3) is 2.21. The number of fused-ring (bicyclic) bond motifs is 7. The minimum atomic E-state index is -0.191. The highest BCUT2D eigenvalue weighted by Gasteiger charge is 2.38. The third-order valence-electron chi connectivity index (χ3n) is 5.98. The lowest BCUT2D eigenvalue weighted by atomic mass is 9.74. The lowest BCUT2D eigenvalue weighted by Crippen LogP contribution is -2.39. The lowest BCUT2D eigenvalue weighted by molar-refractivity contribution is 0.214. The van der Waals surface area contributed by atoms with Crippen molar-refractivity contribution >= 4 is 22.6 Å². The van der Waals surface area contributed by atoms with Crippen LogP contribution in [0.3, 0.4) is 0 Å². The van der Waals surface area contributed by atoms with E-state index in [0.29, 0.717) is 11.1 Å². The monoisotopic (exact) mass is 353 g/mol. The first kappa shape index (κ1) is 15.2. The number of hydrogen-bond acceptors (Lipinski definition) is 2. The molecule has 0 amide bonds. The average molecular weight is 354 g/mol. The predicted molar refractivity (Wildman–Crippen MR) is 101 cm³/mol. The first-order valence-electron chi connectivity index (χ1n) is 8.85. The van der Waals surface area contributed by atoms with Crippen LogP contribution in [0, 0.1) is 0 Å². The van der Waals surface area contributed by atoms with Gasteiger partial charge in [0, 0.05) is 18.5 Å². The van der Waals surface area contributed by atoms with Gasteiger partial charge in [-0.3, -0.25) is 0 Å². The van der Waals surface area contributed by atoms with Crippen molar-refractivity contribution in [1.82, 2.24) is 14.9 Å². The third-order valence-corrected chi connectivity index (χ3v) is 6.28. The summed E-state index contributed by atoms with van der Waals surface area (Å²) in [6.07, 6.45) is 3.19. The number of likely N-dealkylation sites (N-methyl/N-ethyl adjacent to an activating group) is 1. The molecule has 0 saturated carbocycles. The van der Waals surface area contributed by atoms with Crippen LogP contribution in [-0.2, 0) is 12.8 Å². The Morgan fingerprint density at radius 2 is 1.92 bits per heavy atom. The second-order valence-corrected chi connectivity index (χ2v) is 7.68. The summed E-state index contributed by atoms with van der Waals surface area (Å²) in [4.78, 5) is 20.4. The van der Waals surface area contributed by atoms with E-state index in [2.05, 4.69) is 52.2 Å². The molecule has 2 aliphatic rings. The van der Waals surface area contributed by atoms with Gasteiger partial charge in [0.25, 0.3) is 0 Å². The summed E-state index contributed by atoms with van der Waals surface area (Å²) in [6, 6.07) is 11.2. The highest BCUT2D eigenvalue weighted by molar-refractivity contribution is 6.35. The number of nitrogens with one attached hydrogen (secondary N) is 2. The zero-order chi connectivity index (χ0) is 17.1. The maximum Gasteiger partial charge on any atom is 0.323 e.